The van der Waals surface area contributed by atoms with E-state index in [1.807, 2.05) is 56.6 Å². The standard InChI is InChI=1S/C52H60F3N11O5.C4H8/c1-59(50(70)40-10-13-43(14-11-40)63-22-24-64(25-23-63)44-15-12-41(35-68)42(30-44)33-61(3)58-49(69)9-4-5-26-67)19-16-37-17-20-62(21-18-37)31-39-28-46(52(53,54)55)47-34-65(51(71)66(47)32-39)45-8-6-7-38(27-45)29-48-57-56-36-60(48)2;1-2-4-3-1/h6-8,10-15,26-28,30,32,34-37H,4-5,9,16-25,29,31,33H2,1-3H3,(H,58,69);1-4H2. The van der Waals surface area contributed by atoms with E-state index >= 15 is 0 Å². The Morgan fingerprint density at radius 1 is 0.827 bits per heavy atom. The highest BCUT2D eigenvalue weighted by atomic mass is 19.4. The van der Waals surface area contributed by atoms with Gasteiger partial charge in [-0.05, 0) is 122 Å². The predicted molar refractivity (Wildman–Crippen MR) is 282 cm³/mol. The molecule has 0 atom stereocenters. The first-order valence-corrected chi connectivity index (χ1v) is 26.0. The molecule has 0 spiro atoms. The Labute approximate surface area is 435 Å². The van der Waals surface area contributed by atoms with Crippen LogP contribution in [0, 0.1) is 5.92 Å². The minimum atomic E-state index is -4.68. The number of fused-ring (bicyclic) bond motifs is 1. The Kier molecular flexibility index (Phi) is 18.0. The molecule has 2 saturated heterocycles. The average Bonchev–Trinajstić information content (AvgIpc) is 3.96. The zero-order chi connectivity index (χ0) is 53.1. The van der Waals surface area contributed by atoms with E-state index in [-0.39, 0.29) is 30.3 Å². The summed E-state index contributed by atoms with van der Waals surface area (Å²) in [5, 5.41) is 9.67. The number of halogens is 3. The molecule has 9 rings (SSSR count). The molecule has 398 valence electrons. The molecule has 6 aromatic rings. The lowest BCUT2D eigenvalue weighted by Crippen LogP contribution is -2.46. The number of pyridine rings is 1. The molecule has 0 bridgehead atoms. The van der Waals surface area contributed by atoms with Crippen LogP contribution >= 0.6 is 0 Å². The second-order valence-electron chi connectivity index (χ2n) is 20.1. The van der Waals surface area contributed by atoms with E-state index < -0.39 is 17.4 Å². The normalized spacial score (nSPS) is 15.3. The number of carbonyl (C=O) groups is 4. The summed E-state index contributed by atoms with van der Waals surface area (Å²) in [5.41, 5.74) is 6.81. The fourth-order valence-corrected chi connectivity index (χ4v) is 9.84. The van der Waals surface area contributed by atoms with E-state index in [9.17, 15) is 37.1 Å². The van der Waals surface area contributed by atoms with Gasteiger partial charge >= 0.3 is 11.9 Å². The Morgan fingerprint density at radius 3 is 2.16 bits per heavy atom. The van der Waals surface area contributed by atoms with Gasteiger partial charge in [0, 0.05) is 121 Å². The molecule has 2 aliphatic heterocycles. The number of piperazine rings is 1. The number of nitrogens with zero attached hydrogens (tertiary/aromatic N) is 10. The van der Waals surface area contributed by atoms with Gasteiger partial charge in [-0.3, -0.25) is 33.7 Å². The van der Waals surface area contributed by atoms with E-state index in [1.54, 1.807) is 52.1 Å². The van der Waals surface area contributed by atoms with Gasteiger partial charge in [0.15, 0.2) is 0 Å². The SMILES string of the molecule is C1CCC1.CN(Cc1cc(N2CCN(c3ccc(C(=O)N(C)CCC4CCN(Cc5cc(C(F)(F)F)c6cn(-c7cccc(Cc8nncn8C)c7)c(=O)n6c5)CC4)cc3)CC2)ccc1C=O)NC(=O)CCCC=O. The number of carbonyl (C=O) groups excluding carboxylic acids is 4. The molecule has 3 aromatic heterocycles. The van der Waals surface area contributed by atoms with Crippen LogP contribution in [0.15, 0.2) is 96.3 Å². The van der Waals surface area contributed by atoms with E-state index in [4.69, 9.17) is 0 Å². The Hall–Kier alpha value is -7.12. The number of rotatable bonds is 19. The van der Waals surface area contributed by atoms with Crippen molar-refractivity contribution in [3.05, 3.63) is 141 Å². The fourth-order valence-electron chi connectivity index (χ4n) is 9.84. The van der Waals surface area contributed by atoms with Crippen molar-refractivity contribution in [1.29, 1.82) is 0 Å². The van der Waals surface area contributed by atoms with Crippen molar-refractivity contribution in [2.75, 3.05) is 69.7 Å². The second-order valence-corrected chi connectivity index (χ2v) is 20.1. The van der Waals surface area contributed by atoms with Crippen LogP contribution in [0.1, 0.15) is 113 Å². The average molecular weight is 1030 g/mol. The molecule has 5 heterocycles. The summed E-state index contributed by atoms with van der Waals surface area (Å²) < 4.78 is 47.8. The van der Waals surface area contributed by atoms with Gasteiger partial charge in [-0.2, -0.15) is 13.2 Å². The molecule has 3 aromatic carbocycles. The van der Waals surface area contributed by atoms with Gasteiger partial charge in [-0.25, -0.2) is 9.80 Å². The van der Waals surface area contributed by atoms with Crippen molar-refractivity contribution in [1.82, 2.24) is 44.0 Å². The summed E-state index contributed by atoms with van der Waals surface area (Å²) in [6.45, 7) is 5.57. The number of amides is 2. The second kappa shape index (κ2) is 24.9. The maximum Gasteiger partial charge on any atom is 0.418 e. The van der Waals surface area contributed by atoms with Crippen molar-refractivity contribution in [3.63, 3.8) is 0 Å². The quantitative estimate of drug-likeness (QED) is 0.0482. The number of likely N-dealkylation sites (tertiary alicyclic amines) is 1. The number of hydrogen-bond donors (Lipinski definition) is 1. The smallest absolute Gasteiger partial charge is 0.368 e. The third kappa shape index (κ3) is 14.0. The Bertz CT molecular complexity index is 2960. The summed E-state index contributed by atoms with van der Waals surface area (Å²) in [7, 11) is 5.38. The fraction of sp³-hybridized carbons (Fsp3) is 0.446. The van der Waals surface area contributed by atoms with Crippen LogP contribution < -0.4 is 20.9 Å². The maximum atomic E-state index is 14.5. The van der Waals surface area contributed by atoms with Crippen molar-refractivity contribution < 1.29 is 32.3 Å². The third-order valence-electron chi connectivity index (χ3n) is 14.6. The number of anilines is 2. The van der Waals surface area contributed by atoms with Crippen LogP contribution in [0.4, 0.5) is 24.5 Å². The van der Waals surface area contributed by atoms with Crippen LogP contribution in [-0.2, 0) is 42.3 Å². The zero-order valence-corrected chi connectivity index (χ0v) is 43.2. The van der Waals surface area contributed by atoms with Crippen molar-refractivity contribution in [3.8, 4) is 5.69 Å². The van der Waals surface area contributed by atoms with Gasteiger partial charge in [-0.1, -0.05) is 37.8 Å². The minimum absolute atomic E-state index is 0.0638. The largest absolute Gasteiger partial charge is 0.418 e. The lowest BCUT2D eigenvalue weighted by atomic mass is 9.93. The summed E-state index contributed by atoms with van der Waals surface area (Å²) >= 11 is 0. The molecular weight excluding hydrogens is 964 g/mol. The molecule has 2 amide bonds. The number of benzene rings is 3. The first-order chi connectivity index (χ1) is 36.2. The highest BCUT2D eigenvalue weighted by molar-refractivity contribution is 5.94. The van der Waals surface area contributed by atoms with Crippen LogP contribution in [-0.4, -0.2) is 123 Å². The van der Waals surface area contributed by atoms with Gasteiger partial charge in [0.1, 0.15) is 24.7 Å². The van der Waals surface area contributed by atoms with Crippen LogP contribution in [0.25, 0.3) is 11.2 Å². The number of aromatic nitrogens is 5. The molecule has 1 saturated carbocycles. The number of imidazole rings is 1. The predicted octanol–water partition coefficient (Wildman–Crippen LogP) is 7.73. The van der Waals surface area contributed by atoms with Crippen molar-refractivity contribution in [2.45, 2.75) is 89.9 Å². The van der Waals surface area contributed by atoms with E-state index in [1.165, 1.54) is 42.6 Å². The maximum absolute atomic E-state index is 14.5. The molecular formula is C56H68F3N11O5. The van der Waals surface area contributed by atoms with Crippen LogP contribution in [0.2, 0.25) is 0 Å². The first kappa shape index (κ1) is 54.2. The summed E-state index contributed by atoms with van der Waals surface area (Å²) in [5.74, 6) is 0.816. The monoisotopic (exact) mass is 1030 g/mol. The highest BCUT2D eigenvalue weighted by Crippen LogP contribution is 2.34. The molecule has 1 N–H and O–H groups in total. The Morgan fingerprint density at radius 2 is 1.52 bits per heavy atom. The number of unbranched alkanes of at least 4 members (excludes halogenated alkanes) is 1. The molecule has 0 radical (unpaired) electrons. The number of aldehydes is 2. The van der Waals surface area contributed by atoms with Gasteiger partial charge in [-0.15, -0.1) is 10.2 Å². The third-order valence-corrected chi connectivity index (χ3v) is 14.6. The summed E-state index contributed by atoms with van der Waals surface area (Å²) in [6, 6.07) is 21.7. The molecule has 19 heteroatoms. The van der Waals surface area contributed by atoms with E-state index in [0.717, 1.165) is 91.0 Å². The van der Waals surface area contributed by atoms with Crippen molar-refractivity contribution in [2.24, 2.45) is 13.0 Å². The molecule has 16 nitrogen and oxygen atoms in total. The molecule has 0 unspecified atom stereocenters. The van der Waals surface area contributed by atoms with Crippen LogP contribution in [0.3, 0.4) is 0 Å². The number of aryl methyl sites for hydroxylation is 1. The first-order valence-electron chi connectivity index (χ1n) is 26.0. The zero-order valence-electron chi connectivity index (χ0n) is 43.2. The summed E-state index contributed by atoms with van der Waals surface area (Å²) in [4.78, 5) is 70.4. The number of hydrazine groups is 1. The Balaban J connectivity index is 0.00000178. The van der Waals surface area contributed by atoms with Gasteiger partial charge in [0.05, 0.1) is 16.8 Å². The summed E-state index contributed by atoms with van der Waals surface area (Å²) in [6.07, 6.45) is 11.3. The lowest BCUT2D eigenvalue weighted by Gasteiger charge is -2.37. The highest BCUT2D eigenvalue weighted by Gasteiger charge is 2.35. The number of alkyl halides is 3. The lowest BCUT2D eigenvalue weighted by molar-refractivity contribution is -0.136. The van der Waals surface area contributed by atoms with Gasteiger partial charge in [0.2, 0.25) is 5.91 Å². The van der Waals surface area contributed by atoms with Gasteiger partial charge in [0.25, 0.3) is 5.91 Å². The van der Waals surface area contributed by atoms with Gasteiger partial charge < -0.3 is 24.1 Å². The number of hydrogen-bond acceptors (Lipinski definition) is 11. The minimum Gasteiger partial charge on any atom is -0.368 e. The van der Waals surface area contributed by atoms with E-state index in [0.29, 0.717) is 79.6 Å². The molecule has 75 heavy (non-hydrogen) atoms. The number of piperidine rings is 1. The van der Waals surface area contributed by atoms with E-state index in [2.05, 4.69) is 30.3 Å². The number of nitrogens with one attached hydrogen (secondary N) is 1. The molecule has 1 aliphatic carbocycles. The molecule has 3 fully saturated rings. The topological polar surface area (TPSA) is 154 Å². The van der Waals surface area contributed by atoms with Crippen molar-refractivity contribution >= 4 is 41.3 Å². The van der Waals surface area contributed by atoms with Crippen LogP contribution in [0.5, 0.6) is 0 Å². The molecule has 3 aliphatic rings.